The van der Waals surface area contributed by atoms with Crippen molar-refractivity contribution in [2.24, 2.45) is 16.5 Å². The summed E-state index contributed by atoms with van der Waals surface area (Å²) in [4.78, 5) is 59.6. The number of esters is 1. The molecule has 0 radical (unpaired) electrons. The first-order chi connectivity index (χ1) is 19.1. The number of nitrogens with zero attached hydrogens (tertiary/aromatic N) is 4. The summed E-state index contributed by atoms with van der Waals surface area (Å²) in [5, 5.41) is 14.8. The maximum Gasteiger partial charge on any atom is 0.357 e. The Bertz CT molecular complexity index is 1380. The molecule has 0 saturated carbocycles. The van der Waals surface area contributed by atoms with Crippen molar-refractivity contribution < 1.29 is 29.0 Å². The number of aliphatic imine (C=N–C) groups is 1. The van der Waals surface area contributed by atoms with E-state index in [4.69, 9.17) is 16.6 Å². The van der Waals surface area contributed by atoms with Gasteiger partial charge in [-0.05, 0) is 12.0 Å². The first-order valence-corrected chi connectivity index (χ1v) is 14.5. The third kappa shape index (κ3) is 8.40. The molecule has 2 aromatic heterocycles. The number of hydrogen-bond donors (Lipinski definition) is 4. The zero-order chi connectivity index (χ0) is 29.2. The molecule has 3 aromatic rings. The van der Waals surface area contributed by atoms with Crippen LogP contribution >= 0.6 is 34.4 Å². The highest BCUT2D eigenvalue weighted by atomic mass is 32.2. The van der Waals surface area contributed by atoms with Gasteiger partial charge in [0.2, 0.25) is 11.8 Å². The summed E-state index contributed by atoms with van der Waals surface area (Å²) < 4.78 is 4.61. The van der Waals surface area contributed by atoms with E-state index in [0.29, 0.717) is 29.6 Å². The van der Waals surface area contributed by atoms with Crippen LogP contribution in [-0.2, 0) is 20.7 Å². The highest BCUT2D eigenvalue weighted by molar-refractivity contribution is 8.00. The van der Waals surface area contributed by atoms with Crippen LogP contribution in [0.15, 0.2) is 46.1 Å². The number of ether oxygens (including phenoxy) is 1. The molecule has 1 aliphatic heterocycles. The monoisotopic (exact) mass is 605 g/mol. The lowest BCUT2D eigenvalue weighted by Crippen LogP contribution is -2.37. The molecular weight excluding hydrogens is 579 g/mol. The molecule has 3 heterocycles. The van der Waals surface area contributed by atoms with Crippen LogP contribution < -0.4 is 21.7 Å². The number of methoxy groups -OCH3 is 1. The van der Waals surface area contributed by atoms with E-state index < -0.39 is 18.0 Å². The summed E-state index contributed by atoms with van der Waals surface area (Å²) in [6.07, 6.45) is 0.718. The Morgan fingerprint density at radius 2 is 1.85 bits per heavy atom. The SMILES string of the molecule is CCC(=O)N(C1=N[C@H](N)SC1)c1nc(C(=O)OC)cs1.N[C@@H](Cc1ccccc1)C(=O)Nc1nc(C(=O)O)cs1. The number of aromatic carboxylic acids is 1. The van der Waals surface area contributed by atoms with Crippen LogP contribution in [0.1, 0.15) is 39.9 Å². The third-order valence-corrected chi connectivity index (χ3v) is 7.59. The van der Waals surface area contributed by atoms with E-state index in [1.165, 1.54) is 40.5 Å². The molecule has 1 aliphatic rings. The number of thiazole rings is 2. The number of amides is 2. The van der Waals surface area contributed by atoms with Crippen LogP contribution in [0.25, 0.3) is 0 Å². The molecule has 1 aromatic carbocycles. The van der Waals surface area contributed by atoms with Gasteiger partial charge in [-0.25, -0.2) is 29.4 Å². The van der Waals surface area contributed by atoms with Crippen molar-refractivity contribution in [3.8, 4) is 0 Å². The lowest BCUT2D eigenvalue weighted by molar-refractivity contribution is -0.118. The lowest BCUT2D eigenvalue weighted by atomic mass is 10.1. The number of nitrogens with one attached hydrogen (secondary N) is 1. The molecular formula is C24H27N7O6S3. The fourth-order valence-corrected chi connectivity index (χ4v) is 5.41. The van der Waals surface area contributed by atoms with Crippen molar-refractivity contribution in [3.05, 3.63) is 58.0 Å². The van der Waals surface area contributed by atoms with Crippen LogP contribution in [0.3, 0.4) is 0 Å². The summed E-state index contributed by atoms with van der Waals surface area (Å²) in [5.74, 6) is -1.07. The number of thioether (sulfide) groups is 1. The Balaban J connectivity index is 0.000000220. The predicted molar refractivity (Wildman–Crippen MR) is 155 cm³/mol. The summed E-state index contributed by atoms with van der Waals surface area (Å²) in [6.45, 7) is 1.76. The van der Waals surface area contributed by atoms with Gasteiger partial charge < -0.3 is 26.6 Å². The van der Waals surface area contributed by atoms with Crippen molar-refractivity contribution in [3.63, 3.8) is 0 Å². The van der Waals surface area contributed by atoms with E-state index in [9.17, 15) is 19.2 Å². The van der Waals surface area contributed by atoms with Crippen LogP contribution in [-0.4, -0.2) is 69.1 Å². The first kappa shape index (κ1) is 30.8. The predicted octanol–water partition coefficient (Wildman–Crippen LogP) is 2.41. The van der Waals surface area contributed by atoms with Gasteiger partial charge in [0.25, 0.3) is 0 Å². The normalized spacial score (nSPS) is 14.8. The van der Waals surface area contributed by atoms with Crippen LogP contribution in [0.4, 0.5) is 10.3 Å². The molecule has 0 spiro atoms. The number of carbonyl (C=O) groups is 4. The van der Waals surface area contributed by atoms with Crippen LogP contribution in [0.2, 0.25) is 0 Å². The fraction of sp³-hybridized carbons (Fsp3) is 0.292. The number of rotatable bonds is 8. The van der Waals surface area contributed by atoms with Gasteiger partial charge in [-0.3, -0.25) is 9.59 Å². The molecule has 0 bridgehead atoms. The number of carboxylic acids is 1. The zero-order valence-corrected chi connectivity index (χ0v) is 23.9. The number of amidine groups is 1. The number of aromatic nitrogens is 2. The quantitative estimate of drug-likeness (QED) is 0.275. The van der Waals surface area contributed by atoms with Gasteiger partial charge in [0.1, 0.15) is 11.3 Å². The number of anilines is 2. The Morgan fingerprint density at radius 3 is 2.42 bits per heavy atom. The molecule has 6 N–H and O–H groups in total. The van der Waals surface area contributed by atoms with Crippen LogP contribution in [0.5, 0.6) is 0 Å². The second-order valence-electron chi connectivity index (χ2n) is 7.97. The number of carboxylic acid groups (broad SMARTS) is 1. The molecule has 2 atom stereocenters. The highest BCUT2D eigenvalue weighted by Crippen LogP contribution is 2.27. The Morgan fingerprint density at radius 1 is 1.15 bits per heavy atom. The topological polar surface area (TPSA) is 203 Å². The van der Waals surface area contributed by atoms with E-state index in [2.05, 4.69) is 25.0 Å². The molecule has 212 valence electrons. The number of carbonyl (C=O) groups excluding carboxylic acids is 3. The van der Waals surface area contributed by atoms with E-state index in [0.717, 1.165) is 16.9 Å². The third-order valence-electron chi connectivity index (χ3n) is 5.14. The zero-order valence-electron chi connectivity index (χ0n) is 21.5. The minimum Gasteiger partial charge on any atom is -0.476 e. The molecule has 2 amide bonds. The second kappa shape index (κ2) is 14.6. The van der Waals surface area contributed by atoms with Crippen molar-refractivity contribution in [2.75, 3.05) is 23.1 Å². The minimum atomic E-state index is -1.13. The average molecular weight is 606 g/mol. The van der Waals surface area contributed by atoms with Gasteiger partial charge in [-0.15, -0.1) is 34.4 Å². The summed E-state index contributed by atoms with van der Waals surface area (Å²) >= 11 is 3.69. The maximum atomic E-state index is 12.1. The van der Waals surface area contributed by atoms with Crippen LogP contribution in [0, 0.1) is 0 Å². The number of nitrogens with two attached hydrogens (primary N) is 2. The minimum absolute atomic E-state index is 0.0954. The maximum absolute atomic E-state index is 12.1. The van der Waals surface area contributed by atoms with Crippen molar-refractivity contribution in [2.45, 2.75) is 31.3 Å². The largest absolute Gasteiger partial charge is 0.476 e. The molecule has 16 heteroatoms. The number of benzene rings is 1. The van der Waals surface area contributed by atoms with Gasteiger partial charge in [-0.1, -0.05) is 37.3 Å². The molecule has 0 saturated heterocycles. The van der Waals surface area contributed by atoms with Gasteiger partial charge in [0.15, 0.2) is 21.7 Å². The fourth-order valence-electron chi connectivity index (χ4n) is 3.18. The smallest absolute Gasteiger partial charge is 0.357 e. The van der Waals surface area contributed by atoms with Crippen molar-refractivity contribution >= 4 is 74.3 Å². The molecule has 40 heavy (non-hydrogen) atoms. The van der Waals surface area contributed by atoms with Crippen molar-refractivity contribution in [1.29, 1.82) is 0 Å². The molecule has 0 fully saturated rings. The van der Waals surface area contributed by atoms with Crippen molar-refractivity contribution in [1.82, 2.24) is 9.97 Å². The Kier molecular flexibility index (Phi) is 11.3. The molecule has 13 nitrogen and oxygen atoms in total. The molecule has 0 unspecified atom stereocenters. The van der Waals surface area contributed by atoms with Gasteiger partial charge in [-0.2, -0.15) is 0 Å². The second-order valence-corrected chi connectivity index (χ2v) is 10.8. The van der Waals surface area contributed by atoms with E-state index in [1.807, 2.05) is 30.3 Å². The van der Waals surface area contributed by atoms with E-state index in [1.54, 1.807) is 12.3 Å². The summed E-state index contributed by atoms with van der Waals surface area (Å²) in [6, 6.07) is 8.70. The first-order valence-electron chi connectivity index (χ1n) is 11.7. The van der Waals surface area contributed by atoms with Gasteiger partial charge in [0.05, 0.1) is 18.9 Å². The lowest BCUT2D eigenvalue weighted by Gasteiger charge is -2.18. The van der Waals surface area contributed by atoms with E-state index in [-0.39, 0.29) is 33.8 Å². The highest BCUT2D eigenvalue weighted by Gasteiger charge is 2.28. The van der Waals surface area contributed by atoms with Gasteiger partial charge in [0, 0.05) is 17.2 Å². The summed E-state index contributed by atoms with van der Waals surface area (Å²) in [5.41, 5.74) is 12.2. The van der Waals surface area contributed by atoms with Gasteiger partial charge >= 0.3 is 11.9 Å². The molecule has 4 rings (SSSR count). The average Bonchev–Trinajstić information content (AvgIpc) is 3.71. The Labute approximate surface area is 241 Å². The van der Waals surface area contributed by atoms with E-state index >= 15 is 0 Å². The standard InChI is InChI=1S/C13H13N3O3S.C11H14N4O3S2/c14-9(6-8-4-2-1-3-5-8)11(17)16-13-15-10(7-20-13)12(18)19;1-3-8(16)15(7-5-19-10(12)14-7)11-13-6(4-20-11)9(17)18-2/h1-5,7,9H,6,14H2,(H,18,19)(H,15,16,17);4,10H,3,5,12H2,1-2H3/t9-;10-/m00/s1. The molecule has 0 aliphatic carbocycles. The summed E-state index contributed by atoms with van der Waals surface area (Å²) in [7, 11) is 1.28. The Hall–Kier alpha value is -3.70. The number of hydrogen-bond acceptors (Lipinski definition) is 13.